The molecule has 1 aromatic heterocycles. The molecule has 6 nitrogen and oxygen atoms in total. The van der Waals surface area contributed by atoms with E-state index in [0.717, 1.165) is 18.5 Å². The van der Waals surface area contributed by atoms with Crippen LogP contribution in [0.2, 0.25) is 0 Å². The average molecular weight is 348 g/mol. The summed E-state index contributed by atoms with van der Waals surface area (Å²) in [7, 11) is 2.01. The highest BCUT2D eigenvalue weighted by atomic mass is 16.5. The first-order chi connectivity index (χ1) is 12.7. The number of carbonyl (C=O) groups is 1. The molecule has 2 atom stereocenters. The van der Waals surface area contributed by atoms with Crippen molar-refractivity contribution in [2.75, 3.05) is 13.6 Å². The predicted octanol–water partition coefficient (Wildman–Crippen LogP) is 2.91. The Kier molecular flexibility index (Phi) is 4.50. The summed E-state index contributed by atoms with van der Waals surface area (Å²) in [5, 5.41) is 7.19. The van der Waals surface area contributed by atoms with Crippen LogP contribution in [0, 0.1) is 0 Å². The fraction of sp³-hybridized carbons (Fsp3) is 0.250. The number of hydrogen-bond acceptors (Lipinski definition) is 5. The highest BCUT2D eigenvalue weighted by molar-refractivity contribution is 5.94. The van der Waals surface area contributed by atoms with E-state index in [1.54, 1.807) is 0 Å². The molecule has 1 aliphatic rings. The molecular weight excluding hydrogens is 328 g/mol. The first-order valence-electron chi connectivity index (χ1n) is 8.66. The van der Waals surface area contributed by atoms with Crippen LogP contribution in [0.1, 0.15) is 28.7 Å². The van der Waals surface area contributed by atoms with Crippen LogP contribution >= 0.6 is 0 Å². The number of nitrogens with zero attached hydrogens (tertiary/aromatic N) is 3. The van der Waals surface area contributed by atoms with E-state index in [1.165, 1.54) is 0 Å². The van der Waals surface area contributed by atoms with Crippen molar-refractivity contribution in [1.82, 2.24) is 20.4 Å². The van der Waals surface area contributed by atoms with Crippen molar-refractivity contribution in [3.63, 3.8) is 0 Å². The van der Waals surface area contributed by atoms with Gasteiger partial charge in [0.05, 0.1) is 6.04 Å². The van der Waals surface area contributed by atoms with Gasteiger partial charge in [-0.2, -0.15) is 4.98 Å². The lowest BCUT2D eigenvalue weighted by Gasteiger charge is -2.14. The minimum absolute atomic E-state index is 0.000959. The van der Waals surface area contributed by atoms with Crippen LogP contribution in [-0.2, 0) is 0 Å². The third kappa shape index (κ3) is 3.36. The van der Waals surface area contributed by atoms with Crippen molar-refractivity contribution in [1.29, 1.82) is 0 Å². The minimum Gasteiger partial charge on any atom is -0.348 e. The van der Waals surface area contributed by atoms with E-state index in [9.17, 15) is 4.79 Å². The summed E-state index contributed by atoms with van der Waals surface area (Å²) in [6, 6.07) is 19.1. The van der Waals surface area contributed by atoms with Crippen LogP contribution in [0.25, 0.3) is 11.4 Å². The Labute approximate surface area is 151 Å². The molecule has 0 unspecified atom stereocenters. The predicted molar refractivity (Wildman–Crippen MR) is 97.4 cm³/mol. The van der Waals surface area contributed by atoms with E-state index >= 15 is 0 Å². The highest BCUT2D eigenvalue weighted by Gasteiger charge is 2.35. The van der Waals surface area contributed by atoms with Gasteiger partial charge in [-0.1, -0.05) is 53.7 Å². The van der Waals surface area contributed by atoms with E-state index in [0.29, 0.717) is 17.3 Å². The van der Waals surface area contributed by atoms with Gasteiger partial charge in [0.15, 0.2) is 0 Å². The van der Waals surface area contributed by atoms with E-state index in [-0.39, 0.29) is 18.0 Å². The van der Waals surface area contributed by atoms with Gasteiger partial charge in [0.2, 0.25) is 11.7 Å². The van der Waals surface area contributed by atoms with Gasteiger partial charge in [0.25, 0.3) is 5.91 Å². The summed E-state index contributed by atoms with van der Waals surface area (Å²) in [4.78, 5) is 19.0. The quantitative estimate of drug-likeness (QED) is 0.785. The van der Waals surface area contributed by atoms with Crippen LogP contribution in [-0.4, -0.2) is 40.6 Å². The second-order valence-corrected chi connectivity index (χ2v) is 6.55. The van der Waals surface area contributed by atoms with E-state index in [4.69, 9.17) is 4.52 Å². The zero-order valence-corrected chi connectivity index (χ0v) is 14.5. The largest absolute Gasteiger partial charge is 0.348 e. The Balaban J connectivity index is 1.44. The van der Waals surface area contributed by atoms with E-state index < -0.39 is 0 Å². The molecule has 1 aliphatic heterocycles. The highest BCUT2D eigenvalue weighted by Crippen LogP contribution is 2.31. The Bertz CT molecular complexity index is 879. The molecule has 0 saturated carbocycles. The molecule has 1 N–H and O–H groups in total. The first-order valence-corrected chi connectivity index (χ1v) is 8.66. The van der Waals surface area contributed by atoms with Gasteiger partial charge in [-0.25, -0.2) is 0 Å². The number of hydrogen-bond donors (Lipinski definition) is 1. The smallest absolute Gasteiger partial charge is 0.251 e. The summed E-state index contributed by atoms with van der Waals surface area (Å²) in [5.41, 5.74) is 1.60. The number of carbonyl (C=O) groups excluding carboxylic acids is 1. The molecular formula is C20H20N4O2. The molecule has 4 rings (SSSR count). The summed E-state index contributed by atoms with van der Waals surface area (Å²) in [5.74, 6) is 1.12. The second-order valence-electron chi connectivity index (χ2n) is 6.55. The van der Waals surface area contributed by atoms with Crippen LogP contribution in [0.15, 0.2) is 65.2 Å². The summed E-state index contributed by atoms with van der Waals surface area (Å²) in [6.07, 6.45) is 0.742. The van der Waals surface area contributed by atoms with Crippen molar-refractivity contribution in [2.24, 2.45) is 0 Å². The minimum atomic E-state index is -0.0554. The van der Waals surface area contributed by atoms with Crippen molar-refractivity contribution < 1.29 is 9.32 Å². The molecule has 132 valence electrons. The third-order valence-corrected chi connectivity index (χ3v) is 4.68. The van der Waals surface area contributed by atoms with Gasteiger partial charge in [-0.15, -0.1) is 0 Å². The topological polar surface area (TPSA) is 71.3 Å². The monoisotopic (exact) mass is 348 g/mol. The average Bonchev–Trinajstić information content (AvgIpc) is 3.30. The van der Waals surface area contributed by atoms with Crippen LogP contribution < -0.4 is 5.32 Å². The van der Waals surface area contributed by atoms with Crippen molar-refractivity contribution in [3.8, 4) is 11.4 Å². The number of benzene rings is 2. The summed E-state index contributed by atoms with van der Waals surface area (Å²) < 4.78 is 5.50. The molecule has 6 heteroatoms. The molecule has 26 heavy (non-hydrogen) atoms. The number of amides is 1. The zero-order chi connectivity index (χ0) is 17.9. The van der Waals surface area contributed by atoms with Crippen LogP contribution in [0.3, 0.4) is 0 Å². The maximum Gasteiger partial charge on any atom is 0.251 e. The fourth-order valence-electron chi connectivity index (χ4n) is 3.33. The SMILES string of the molecule is CN1C[C@@H](NC(=O)c2ccccc2)C[C@H]1c1nc(-c2ccccc2)no1. The Morgan fingerprint density at radius 1 is 1.12 bits per heavy atom. The van der Waals surface area contributed by atoms with Gasteiger partial charge in [0, 0.05) is 23.7 Å². The number of nitrogens with one attached hydrogen (secondary N) is 1. The maximum atomic E-state index is 12.4. The van der Waals surface area contributed by atoms with Crippen LogP contribution in [0.4, 0.5) is 0 Å². The molecule has 0 aliphatic carbocycles. The fourth-order valence-corrected chi connectivity index (χ4v) is 3.33. The Morgan fingerprint density at radius 2 is 1.81 bits per heavy atom. The van der Waals surface area contributed by atoms with Crippen molar-refractivity contribution in [2.45, 2.75) is 18.5 Å². The van der Waals surface area contributed by atoms with E-state index in [2.05, 4.69) is 20.4 Å². The molecule has 1 saturated heterocycles. The van der Waals surface area contributed by atoms with Gasteiger partial charge in [-0.3, -0.25) is 9.69 Å². The second kappa shape index (κ2) is 7.09. The Morgan fingerprint density at radius 3 is 2.54 bits per heavy atom. The molecule has 0 radical (unpaired) electrons. The van der Waals surface area contributed by atoms with Gasteiger partial charge in [0.1, 0.15) is 0 Å². The van der Waals surface area contributed by atoms with Crippen molar-refractivity contribution in [3.05, 3.63) is 72.1 Å². The standard InChI is InChI=1S/C20H20N4O2/c1-24-13-16(21-19(25)15-10-6-3-7-11-15)12-17(24)20-22-18(23-26-20)14-8-4-2-5-9-14/h2-11,16-17H,12-13H2,1H3,(H,21,25)/t16-,17-/m0/s1. The van der Waals surface area contributed by atoms with Gasteiger partial charge in [-0.05, 0) is 25.6 Å². The normalized spacial score (nSPS) is 20.2. The zero-order valence-electron chi connectivity index (χ0n) is 14.5. The molecule has 1 amide bonds. The molecule has 2 aromatic carbocycles. The number of aromatic nitrogens is 2. The van der Waals surface area contributed by atoms with Crippen LogP contribution in [0.5, 0.6) is 0 Å². The molecule has 2 heterocycles. The molecule has 1 fully saturated rings. The maximum absolute atomic E-state index is 12.4. The number of likely N-dealkylation sites (N-methyl/N-ethyl adjacent to an activating group) is 1. The molecule has 0 bridgehead atoms. The first kappa shape index (κ1) is 16.5. The summed E-state index contributed by atoms with van der Waals surface area (Å²) in [6.45, 7) is 0.742. The van der Waals surface area contributed by atoms with Gasteiger partial charge >= 0.3 is 0 Å². The van der Waals surface area contributed by atoms with Gasteiger partial charge < -0.3 is 9.84 Å². The lowest BCUT2D eigenvalue weighted by Crippen LogP contribution is -2.36. The van der Waals surface area contributed by atoms with Crippen molar-refractivity contribution >= 4 is 5.91 Å². The molecule has 3 aromatic rings. The number of likely N-dealkylation sites (tertiary alicyclic amines) is 1. The Hall–Kier alpha value is -2.99. The third-order valence-electron chi connectivity index (χ3n) is 4.68. The lowest BCUT2D eigenvalue weighted by molar-refractivity contribution is 0.0938. The lowest BCUT2D eigenvalue weighted by atomic mass is 10.1. The van der Waals surface area contributed by atoms with E-state index in [1.807, 2.05) is 67.7 Å². The number of rotatable bonds is 4. The summed E-state index contributed by atoms with van der Waals surface area (Å²) >= 11 is 0. The molecule has 0 spiro atoms.